The summed E-state index contributed by atoms with van der Waals surface area (Å²) in [7, 11) is 0. The van der Waals surface area contributed by atoms with Crippen LogP contribution in [0.5, 0.6) is 0 Å². The lowest BCUT2D eigenvalue weighted by atomic mass is 10.1. The summed E-state index contributed by atoms with van der Waals surface area (Å²) < 4.78 is 13.1. The summed E-state index contributed by atoms with van der Waals surface area (Å²) in [4.78, 5) is 12.0. The lowest BCUT2D eigenvalue weighted by Crippen LogP contribution is -2.13. The van der Waals surface area contributed by atoms with Crippen molar-refractivity contribution in [3.8, 4) is 0 Å². The molecule has 0 unspecified atom stereocenters. The molecular weight excluding hydrogens is 267 g/mol. The van der Waals surface area contributed by atoms with Crippen LogP contribution in [-0.2, 0) is 0 Å². The first-order chi connectivity index (χ1) is 8.97. The van der Waals surface area contributed by atoms with E-state index in [2.05, 4.69) is 5.32 Å². The normalized spacial score (nSPS) is 10.3. The highest BCUT2D eigenvalue weighted by Crippen LogP contribution is 2.23. The molecule has 1 amide bonds. The molecule has 0 aliphatic heterocycles. The highest BCUT2D eigenvalue weighted by Gasteiger charge is 2.11. The summed E-state index contributed by atoms with van der Waals surface area (Å²) in [6.45, 7) is 1.74. The molecular formula is C14H12ClFN2O. The zero-order chi connectivity index (χ0) is 14.0. The number of benzene rings is 2. The second-order valence-corrected chi connectivity index (χ2v) is 4.56. The van der Waals surface area contributed by atoms with Crippen molar-refractivity contribution in [2.75, 3.05) is 11.1 Å². The minimum absolute atomic E-state index is 0.285. The molecule has 5 heteroatoms. The molecule has 2 aromatic rings. The van der Waals surface area contributed by atoms with Crippen molar-refractivity contribution >= 4 is 28.9 Å². The second kappa shape index (κ2) is 5.28. The molecule has 0 radical (unpaired) electrons. The van der Waals surface area contributed by atoms with E-state index in [4.69, 9.17) is 17.3 Å². The van der Waals surface area contributed by atoms with Crippen LogP contribution >= 0.6 is 11.6 Å². The Labute approximate surface area is 115 Å². The van der Waals surface area contributed by atoms with Gasteiger partial charge in [-0.25, -0.2) is 4.39 Å². The van der Waals surface area contributed by atoms with Crippen LogP contribution in [0.3, 0.4) is 0 Å². The van der Waals surface area contributed by atoms with E-state index in [1.165, 1.54) is 12.1 Å². The van der Waals surface area contributed by atoms with Gasteiger partial charge in [0.2, 0.25) is 0 Å². The van der Waals surface area contributed by atoms with Crippen LogP contribution in [0.1, 0.15) is 15.9 Å². The quantitative estimate of drug-likeness (QED) is 0.824. The first-order valence-electron chi connectivity index (χ1n) is 5.60. The third-order valence-corrected chi connectivity index (χ3v) is 3.03. The molecule has 0 aromatic heterocycles. The molecule has 3 N–H and O–H groups in total. The summed E-state index contributed by atoms with van der Waals surface area (Å²) in [6.07, 6.45) is 0. The zero-order valence-corrected chi connectivity index (χ0v) is 11.0. The molecule has 0 saturated carbocycles. The Kier molecular flexibility index (Phi) is 3.71. The number of hydrogen-bond donors (Lipinski definition) is 2. The van der Waals surface area contributed by atoms with E-state index in [1.54, 1.807) is 31.2 Å². The van der Waals surface area contributed by atoms with Gasteiger partial charge in [-0.3, -0.25) is 4.79 Å². The maximum atomic E-state index is 13.1. The predicted octanol–water partition coefficient (Wildman–Crippen LogP) is 3.62. The van der Waals surface area contributed by atoms with E-state index >= 15 is 0 Å². The molecule has 0 bridgehead atoms. The molecule has 0 aliphatic rings. The number of aryl methyl sites for hydroxylation is 1. The highest BCUT2D eigenvalue weighted by atomic mass is 35.5. The van der Waals surface area contributed by atoms with E-state index in [-0.39, 0.29) is 5.56 Å². The van der Waals surface area contributed by atoms with Crippen LogP contribution in [-0.4, -0.2) is 5.91 Å². The smallest absolute Gasteiger partial charge is 0.256 e. The molecule has 2 rings (SSSR count). The first-order valence-corrected chi connectivity index (χ1v) is 5.97. The second-order valence-electron chi connectivity index (χ2n) is 4.15. The van der Waals surface area contributed by atoms with Crippen molar-refractivity contribution in [2.45, 2.75) is 6.92 Å². The van der Waals surface area contributed by atoms with E-state index in [9.17, 15) is 9.18 Å². The molecule has 0 atom stereocenters. The van der Waals surface area contributed by atoms with Crippen LogP contribution in [0.4, 0.5) is 15.8 Å². The van der Waals surface area contributed by atoms with Crippen molar-refractivity contribution in [2.24, 2.45) is 0 Å². The number of amides is 1. The minimum Gasteiger partial charge on any atom is -0.398 e. The van der Waals surface area contributed by atoms with Crippen LogP contribution in [0.15, 0.2) is 36.4 Å². The van der Waals surface area contributed by atoms with Crippen molar-refractivity contribution in [3.05, 3.63) is 58.4 Å². The molecule has 0 spiro atoms. The maximum absolute atomic E-state index is 13.1. The number of nitrogen functional groups attached to an aromatic ring is 1. The van der Waals surface area contributed by atoms with Crippen molar-refractivity contribution in [3.63, 3.8) is 0 Å². The number of anilines is 2. The first kappa shape index (κ1) is 13.4. The standard InChI is InChI=1S/C14H12ClFN2O/c1-8-2-3-9(16)6-11(8)14(19)18-10-4-5-13(17)12(15)7-10/h2-7H,17H2,1H3,(H,18,19). The van der Waals surface area contributed by atoms with Crippen molar-refractivity contribution < 1.29 is 9.18 Å². The molecule has 98 valence electrons. The zero-order valence-electron chi connectivity index (χ0n) is 10.2. The number of nitrogens with two attached hydrogens (primary N) is 1. The predicted molar refractivity (Wildman–Crippen MR) is 75.0 cm³/mol. The Morgan fingerprint density at radius 3 is 2.68 bits per heavy atom. The van der Waals surface area contributed by atoms with Gasteiger partial charge in [-0.2, -0.15) is 0 Å². The molecule has 0 saturated heterocycles. The van der Waals surface area contributed by atoms with Crippen LogP contribution in [0.2, 0.25) is 5.02 Å². The van der Waals surface area contributed by atoms with E-state index < -0.39 is 11.7 Å². The maximum Gasteiger partial charge on any atom is 0.256 e. The molecule has 0 aliphatic carbocycles. The van der Waals surface area contributed by atoms with Crippen LogP contribution < -0.4 is 11.1 Å². The number of rotatable bonds is 2. The molecule has 19 heavy (non-hydrogen) atoms. The molecule has 0 heterocycles. The van der Waals surface area contributed by atoms with Gasteiger partial charge < -0.3 is 11.1 Å². The Morgan fingerprint density at radius 1 is 1.26 bits per heavy atom. The summed E-state index contributed by atoms with van der Waals surface area (Å²) >= 11 is 5.86. The number of carbonyl (C=O) groups is 1. The van der Waals surface area contributed by atoms with Gasteiger partial charge in [0.15, 0.2) is 0 Å². The molecule has 0 fully saturated rings. The Morgan fingerprint density at radius 2 is 2.00 bits per heavy atom. The fourth-order valence-corrected chi connectivity index (χ4v) is 1.82. The van der Waals surface area contributed by atoms with Gasteiger partial charge in [0.05, 0.1) is 10.7 Å². The SMILES string of the molecule is Cc1ccc(F)cc1C(=O)Nc1ccc(N)c(Cl)c1. The van der Waals surface area contributed by atoms with Gasteiger partial charge in [-0.05, 0) is 42.8 Å². The van der Waals surface area contributed by atoms with Crippen LogP contribution in [0.25, 0.3) is 0 Å². The third kappa shape index (κ3) is 3.03. The monoisotopic (exact) mass is 278 g/mol. The average Bonchev–Trinajstić information content (AvgIpc) is 2.36. The number of halogens is 2. The van der Waals surface area contributed by atoms with Crippen molar-refractivity contribution in [1.29, 1.82) is 0 Å². The number of hydrogen-bond acceptors (Lipinski definition) is 2. The lowest BCUT2D eigenvalue weighted by Gasteiger charge is -2.09. The number of nitrogens with one attached hydrogen (secondary N) is 1. The van der Waals surface area contributed by atoms with Gasteiger partial charge in [0, 0.05) is 11.3 Å². The molecule has 2 aromatic carbocycles. The summed E-state index contributed by atoms with van der Waals surface area (Å²) in [6, 6.07) is 8.84. The topological polar surface area (TPSA) is 55.1 Å². The summed E-state index contributed by atoms with van der Waals surface area (Å²) in [5, 5.41) is 3.00. The minimum atomic E-state index is -0.453. The summed E-state index contributed by atoms with van der Waals surface area (Å²) in [5.74, 6) is -0.844. The molecule has 3 nitrogen and oxygen atoms in total. The van der Waals surface area contributed by atoms with Gasteiger partial charge in [0.1, 0.15) is 5.82 Å². The van der Waals surface area contributed by atoms with Gasteiger partial charge in [-0.1, -0.05) is 17.7 Å². The number of carbonyl (C=O) groups excluding carboxylic acids is 1. The Balaban J connectivity index is 2.25. The van der Waals surface area contributed by atoms with E-state index in [1.807, 2.05) is 0 Å². The summed E-state index contributed by atoms with van der Waals surface area (Å²) in [5.41, 5.74) is 7.50. The fourth-order valence-electron chi connectivity index (χ4n) is 1.64. The van der Waals surface area contributed by atoms with Gasteiger partial charge >= 0.3 is 0 Å². The largest absolute Gasteiger partial charge is 0.398 e. The van der Waals surface area contributed by atoms with Crippen LogP contribution in [0, 0.1) is 12.7 Å². The fraction of sp³-hybridized carbons (Fsp3) is 0.0714. The average molecular weight is 279 g/mol. The Hall–Kier alpha value is -2.07. The van der Waals surface area contributed by atoms with E-state index in [0.29, 0.717) is 22.0 Å². The lowest BCUT2D eigenvalue weighted by molar-refractivity contribution is 0.102. The van der Waals surface area contributed by atoms with Crippen molar-refractivity contribution in [1.82, 2.24) is 0 Å². The highest BCUT2D eigenvalue weighted by molar-refractivity contribution is 6.33. The Bertz CT molecular complexity index is 643. The third-order valence-electron chi connectivity index (χ3n) is 2.70. The van der Waals surface area contributed by atoms with E-state index in [0.717, 1.165) is 0 Å². The van der Waals surface area contributed by atoms with Gasteiger partial charge in [0.25, 0.3) is 5.91 Å². The van der Waals surface area contributed by atoms with Gasteiger partial charge in [-0.15, -0.1) is 0 Å².